The molecule has 1 aromatic carbocycles. The Morgan fingerprint density at radius 3 is 2.69 bits per heavy atom. The zero-order chi connectivity index (χ0) is 11.9. The summed E-state index contributed by atoms with van der Waals surface area (Å²) in [6.07, 6.45) is 0. The maximum absolute atomic E-state index is 11.6. The third-order valence-corrected chi connectivity index (χ3v) is 2.38. The van der Waals surface area contributed by atoms with E-state index in [1.54, 1.807) is 26.0 Å². The molecule has 0 fully saturated rings. The van der Waals surface area contributed by atoms with Gasteiger partial charge in [-0.3, -0.25) is 4.57 Å². The Hall–Kier alpha value is -2.04. The third-order valence-electron chi connectivity index (χ3n) is 2.38. The first-order valence-electron chi connectivity index (χ1n) is 4.89. The van der Waals surface area contributed by atoms with Crippen LogP contribution in [0.5, 0.6) is 0 Å². The van der Waals surface area contributed by atoms with Gasteiger partial charge in [0, 0.05) is 6.04 Å². The number of para-hydroxylation sites is 1. The van der Waals surface area contributed by atoms with Crippen molar-refractivity contribution in [2.24, 2.45) is 0 Å². The average Bonchev–Trinajstić information content (AvgIpc) is 2.52. The first kappa shape index (κ1) is 10.5. The molecule has 1 aromatic heterocycles. The number of carbonyl (C=O) groups is 1. The van der Waals surface area contributed by atoms with E-state index in [-0.39, 0.29) is 11.6 Å². The fourth-order valence-electron chi connectivity index (χ4n) is 1.73. The van der Waals surface area contributed by atoms with Crippen LogP contribution in [-0.4, -0.2) is 15.6 Å². The Balaban J connectivity index is 2.94. The molecule has 2 aromatic rings. The predicted octanol–water partition coefficient (Wildman–Crippen LogP) is 1.87. The molecule has 16 heavy (non-hydrogen) atoms. The largest absolute Gasteiger partial charge is 0.478 e. The Bertz CT molecular complexity index is 606. The van der Waals surface area contributed by atoms with E-state index < -0.39 is 11.7 Å². The van der Waals surface area contributed by atoms with Gasteiger partial charge in [-0.05, 0) is 26.0 Å². The number of nitrogens with zero attached hydrogens (tertiary/aromatic N) is 1. The van der Waals surface area contributed by atoms with Crippen molar-refractivity contribution < 1.29 is 14.3 Å². The van der Waals surface area contributed by atoms with Crippen LogP contribution >= 0.6 is 0 Å². The minimum absolute atomic E-state index is 0.0806. The molecule has 5 heteroatoms. The summed E-state index contributed by atoms with van der Waals surface area (Å²) in [4.78, 5) is 22.6. The van der Waals surface area contributed by atoms with Crippen molar-refractivity contribution in [2.45, 2.75) is 19.9 Å². The van der Waals surface area contributed by atoms with Gasteiger partial charge in [0.15, 0.2) is 5.58 Å². The first-order valence-corrected chi connectivity index (χ1v) is 4.89. The van der Waals surface area contributed by atoms with E-state index in [1.807, 2.05) is 0 Å². The summed E-state index contributed by atoms with van der Waals surface area (Å²) in [5.41, 5.74) is 0.727. The summed E-state index contributed by atoms with van der Waals surface area (Å²) < 4.78 is 6.34. The Morgan fingerprint density at radius 2 is 2.12 bits per heavy atom. The maximum Gasteiger partial charge on any atom is 0.420 e. The van der Waals surface area contributed by atoms with Gasteiger partial charge in [-0.1, -0.05) is 6.07 Å². The maximum atomic E-state index is 11.6. The van der Waals surface area contributed by atoms with Crippen molar-refractivity contribution in [1.82, 2.24) is 4.57 Å². The zero-order valence-corrected chi connectivity index (χ0v) is 8.93. The molecule has 1 N–H and O–H groups in total. The van der Waals surface area contributed by atoms with Crippen LogP contribution in [0.1, 0.15) is 30.2 Å². The second-order valence-electron chi connectivity index (χ2n) is 3.79. The van der Waals surface area contributed by atoms with Crippen LogP contribution in [0.3, 0.4) is 0 Å². The number of carboxylic acids is 1. The van der Waals surface area contributed by atoms with Gasteiger partial charge < -0.3 is 9.52 Å². The topological polar surface area (TPSA) is 72.4 Å². The molecule has 0 aliphatic rings. The van der Waals surface area contributed by atoms with Crippen LogP contribution in [0, 0.1) is 0 Å². The van der Waals surface area contributed by atoms with Gasteiger partial charge in [-0.2, -0.15) is 0 Å². The number of fused-ring (bicyclic) bond motifs is 1. The molecule has 0 saturated carbocycles. The number of hydrogen-bond acceptors (Lipinski definition) is 3. The molecule has 2 rings (SSSR count). The lowest BCUT2D eigenvalue weighted by Gasteiger charge is -2.06. The van der Waals surface area contributed by atoms with Crippen LogP contribution in [0.25, 0.3) is 11.1 Å². The van der Waals surface area contributed by atoms with E-state index >= 15 is 0 Å². The van der Waals surface area contributed by atoms with Crippen molar-refractivity contribution in [3.63, 3.8) is 0 Å². The van der Waals surface area contributed by atoms with Gasteiger partial charge in [-0.25, -0.2) is 9.59 Å². The Morgan fingerprint density at radius 1 is 1.44 bits per heavy atom. The highest BCUT2D eigenvalue weighted by Crippen LogP contribution is 2.20. The van der Waals surface area contributed by atoms with Crippen LogP contribution in [-0.2, 0) is 0 Å². The molecular formula is C11H11NO4. The third kappa shape index (κ3) is 1.41. The van der Waals surface area contributed by atoms with E-state index in [9.17, 15) is 9.59 Å². The molecule has 0 aliphatic carbocycles. The summed E-state index contributed by atoms with van der Waals surface area (Å²) in [6, 6.07) is 4.45. The average molecular weight is 221 g/mol. The summed E-state index contributed by atoms with van der Waals surface area (Å²) in [5.74, 6) is -1.60. The van der Waals surface area contributed by atoms with Crippen molar-refractivity contribution in [3.05, 3.63) is 34.3 Å². The summed E-state index contributed by atoms with van der Waals surface area (Å²) >= 11 is 0. The fourth-order valence-corrected chi connectivity index (χ4v) is 1.73. The molecule has 0 bridgehead atoms. The highest BCUT2D eigenvalue weighted by molar-refractivity contribution is 6.00. The van der Waals surface area contributed by atoms with Crippen LogP contribution in [0.4, 0.5) is 0 Å². The quantitative estimate of drug-likeness (QED) is 0.840. The second kappa shape index (κ2) is 3.52. The smallest absolute Gasteiger partial charge is 0.420 e. The minimum Gasteiger partial charge on any atom is -0.478 e. The second-order valence-corrected chi connectivity index (χ2v) is 3.79. The van der Waals surface area contributed by atoms with Crippen LogP contribution < -0.4 is 5.76 Å². The summed E-state index contributed by atoms with van der Waals surface area (Å²) in [7, 11) is 0. The predicted molar refractivity (Wildman–Crippen MR) is 57.8 cm³/mol. The van der Waals surface area contributed by atoms with E-state index in [0.717, 1.165) is 0 Å². The fraction of sp³-hybridized carbons (Fsp3) is 0.273. The van der Waals surface area contributed by atoms with Gasteiger partial charge in [0.05, 0.1) is 5.56 Å². The molecule has 5 nitrogen and oxygen atoms in total. The highest BCUT2D eigenvalue weighted by atomic mass is 16.4. The van der Waals surface area contributed by atoms with Gasteiger partial charge in [0.25, 0.3) is 0 Å². The molecule has 0 radical (unpaired) electrons. The number of hydrogen-bond donors (Lipinski definition) is 1. The van der Waals surface area contributed by atoms with Crippen LogP contribution in [0.2, 0.25) is 0 Å². The summed E-state index contributed by atoms with van der Waals surface area (Å²) in [5, 5.41) is 9.04. The molecule has 84 valence electrons. The number of rotatable bonds is 2. The van der Waals surface area contributed by atoms with Gasteiger partial charge >= 0.3 is 11.7 Å². The summed E-state index contributed by atoms with van der Waals surface area (Å²) in [6.45, 7) is 3.60. The Kier molecular flexibility index (Phi) is 2.30. The lowest BCUT2D eigenvalue weighted by Crippen LogP contribution is -2.17. The number of carboxylic acid groups (broad SMARTS) is 1. The highest BCUT2D eigenvalue weighted by Gasteiger charge is 2.18. The van der Waals surface area contributed by atoms with E-state index in [1.165, 1.54) is 10.6 Å². The normalized spacial score (nSPS) is 11.2. The molecule has 0 spiro atoms. The van der Waals surface area contributed by atoms with Gasteiger partial charge in [-0.15, -0.1) is 0 Å². The van der Waals surface area contributed by atoms with E-state index in [2.05, 4.69) is 0 Å². The number of oxazole rings is 1. The molecule has 0 atom stereocenters. The zero-order valence-electron chi connectivity index (χ0n) is 8.93. The molecular weight excluding hydrogens is 210 g/mol. The van der Waals surface area contributed by atoms with Crippen molar-refractivity contribution in [2.75, 3.05) is 0 Å². The monoisotopic (exact) mass is 221 g/mol. The van der Waals surface area contributed by atoms with Crippen molar-refractivity contribution in [1.29, 1.82) is 0 Å². The van der Waals surface area contributed by atoms with Crippen LogP contribution in [0.15, 0.2) is 27.4 Å². The number of aromatic carboxylic acids is 1. The van der Waals surface area contributed by atoms with Crippen molar-refractivity contribution in [3.8, 4) is 0 Å². The SMILES string of the molecule is CC(C)n1c(=O)oc2cccc(C(=O)O)c21. The minimum atomic E-state index is -1.07. The van der Waals surface area contributed by atoms with E-state index in [0.29, 0.717) is 11.1 Å². The molecule has 1 heterocycles. The van der Waals surface area contributed by atoms with Gasteiger partial charge in [0.2, 0.25) is 0 Å². The first-order chi connectivity index (χ1) is 7.52. The molecule has 0 unspecified atom stereocenters. The molecule has 0 amide bonds. The van der Waals surface area contributed by atoms with Gasteiger partial charge in [0.1, 0.15) is 5.52 Å². The number of aromatic nitrogens is 1. The molecule has 0 aliphatic heterocycles. The molecule has 0 saturated heterocycles. The Labute approximate surface area is 90.9 Å². The standard InChI is InChI=1S/C11H11NO4/c1-6(2)12-9-7(10(13)14)4-3-5-8(9)16-11(12)15/h3-6H,1-2H3,(H,13,14). The lowest BCUT2D eigenvalue weighted by molar-refractivity contribution is 0.0698. The lowest BCUT2D eigenvalue weighted by atomic mass is 10.2. The van der Waals surface area contributed by atoms with E-state index in [4.69, 9.17) is 9.52 Å². The number of benzene rings is 1. The van der Waals surface area contributed by atoms with Crippen molar-refractivity contribution >= 4 is 17.1 Å².